The van der Waals surface area contributed by atoms with Gasteiger partial charge in [0, 0.05) is 37.8 Å². The van der Waals surface area contributed by atoms with Gasteiger partial charge in [-0.05, 0) is 55.4 Å². The molecule has 4 rings (SSSR count). The maximum atomic E-state index is 13.2. The molecule has 2 aliphatic rings. The molecule has 1 aromatic carbocycles. The monoisotopic (exact) mass is 461 g/mol. The molecular formula is C27H31N3O2S. The van der Waals surface area contributed by atoms with E-state index in [2.05, 4.69) is 12.2 Å². The van der Waals surface area contributed by atoms with Crippen LogP contribution in [0, 0.1) is 6.92 Å². The lowest BCUT2D eigenvalue weighted by atomic mass is 9.89. The van der Waals surface area contributed by atoms with Gasteiger partial charge in [0.05, 0.1) is 17.0 Å². The molecule has 0 spiro atoms. The number of carbonyl (C=O) groups is 2. The van der Waals surface area contributed by atoms with E-state index in [-0.39, 0.29) is 17.7 Å². The van der Waals surface area contributed by atoms with Gasteiger partial charge >= 0.3 is 0 Å². The topological polar surface area (TPSA) is 53.5 Å². The van der Waals surface area contributed by atoms with Crippen LogP contribution < -0.4 is 0 Å². The Morgan fingerprint density at radius 3 is 2.55 bits per heavy atom. The average molecular weight is 462 g/mol. The van der Waals surface area contributed by atoms with Gasteiger partial charge in [-0.2, -0.15) is 0 Å². The summed E-state index contributed by atoms with van der Waals surface area (Å²) in [5.74, 6) is 0.897. The van der Waals surface area contributed by atoms with Crippen LogP contribution >= 0.6 is 11.8 Å². The predicted octanol–water partition coefficient (Wildman–Crippen LogP) is 4.90. The van der Waals surface area contributed by atoms with Crippen LogP contribution in [-0.2, 0) is 4.79 Å². The summed E-state index contributed by atoms with van der Waals surface area (Å²) in [6.45, 7) is 4.81. The van der Waals surface area contributed by atoms with E-state index in [0.29, 0.717) is 25.4 Å². The number of benzene rings is 1. The molecule has 6 heteroatoms. The Labute approximate surface area is 200 Å². The van der Waals surface area contributed by atoms with Crippen molar-refractivity contribution in [2.45, 2.75) is 32.1 Å². The van der Waals surface area contributed by atoms with E-state index in [4.69, 9.17) is 4.98 Å². The lowest BCUT2D eigenvalue weighted by Gasteiger charge is -2.33. The Bertz CT molecular complexity index is 1030. The van der Waals surface area contributed by atoms with Gasteiger partial charge in [-0.3, -0.25) is 14.6 Å². The highest BCUT2D eigenvalue weighted by Crippen LogP contribution is 2.30. The first-order valence-corrected chi connectivity index (χ1v) is 12.7. The molecule has 2 amide bonds. The molecule has 172 valence electrons. The zero-order chi connectivity index (χ0) is 23.0. The average Bonchev–Trinajstić information content (AvgIpc) is 2.87. The van der Waals surface area contributed by atoms with Crippen LogP contribution in [0.1, 0.15) is 52.5 Å². The van der Waals surface area contributed by atoms with Crippen molar-refractivity contribution >= 4 is 29.7 Å². The SMILES string of the molecule is Cc1ccc(C(=O)N2CC=CCC2)c(C2CCN(C(=O)CSC=Cc3ccccc3)CC2)n1. The molecular weight excluding hydrogens is 430 g/mol. The summed E-state index contributed by atoms with van der Waals surface area (Å²) >= 11 is 1.53. The van der Waals surface area contributed by atoms with E-state index in [9.17, 15) is 9.59 Å². The second-order valence-electron chi connectivity index (χ2n) is 8.58. The number of nitrogens with zero attached hydrogens (tertiary/aromatic N) is 3. The fraction of sp³-hybridized carbons (Fsp3) is 0.370. The van der Waals surface area contributed by atoms with Gasteiger partial charge in [-0.1, -0.05) is 42.5 Å². The minimum atomic E-state index is 0.0713. The Morgan fingerprint density at radius 2 is 1.82 bits per heavy atom. The number of thioether (sulfide) groups is 1. The normalized spacial score (nSPS) is 17.0. The minimum Gasteiger partial charge on any atom is -0.342 e. The maximum absolute atomic E-state index is 13.2. The summed E-state index contributed by atoms with van der Waals surface area (Å²) in [7, 11) is 0. The Balaban J connectivity index is 1.33. The van der Waals surface area contributed by atoms with E-state index in [1.807, 2.05) is 70.7 Å². The lowest BCUT2D eigenvalue weighted by molar-refractivity contribution is -0.129. The number of aromatic nitrogens is 1. The molecule has 1 fully saturated rings. The smallest absolute Gasteiger partial charge is 0.256 e. The van der Waals surface area contributed by atoms with Crippen molar-refractivity contribution in [2.75, 3.05) is 31.9 Å². The standard InChI is InChI=1S/C27H31N3O2S/c1-21-10-11-24(27(32)30-15-6-3-7-16-30)26(28-21)23-12-17-29(18-13-23)25(31)20-33-19-14-22-8-4-2-5-9-22/h2-6,8-11,14,19,23H,7,12-13,15-18,20H2,1H3. The Kier molecular flexibility index (Phi) is 8.00. The van der Waals surface area contributed by atoms with Crippen molar-refractivity contribution in [3.63, 3.8) is 0 Å². The number of rotatable bonds is 6. The number of piperidine rings is 1. The van der Waals surface area contributed by atoms with E-state index in [1.165, 1.54) is 11.8 Å². The van der Waals surface area contributed by atoms with Crippen molar-refractivity contribution in [1.29, 1.82) is 0 Å². The number of likely N-dealkylation sites (tertiary alicyclic amines) is 1. The molecule has 5 nitrogen and oxygen atoms in total. The van der Waals surface area contributed by atoms with Gasteiger partial charge in [0.15, 0.2) is 0 Å². The van der Waals surface area contributed by atoms with Crippen LogP contribution in [0.5, 0.6) is 0 Å². The van der Waals surface area contributed by atoms with Crippen molar-refractivity contribution in [3.05, 3.63) is 82.5 Å². The van der Waals surface area contributed by atoms with Crippen molar-refractivity contribution in [3.8, 4) is 0 Å². The highest BCUT2D eigenvalue weighted by atomic mass is 32.2. The summed E-state index contributed by atoms with van der Waals surface area (Å²) in [6.07, 6.45) is 8.80. The molecule has 2 aromatic rings. The summed E-state index contributed by atoms with van der Waals surface area (Å²) < 4.78 is 0. The quantitative estimate of drug-likeness (QED) is 0.574. The van der Waals surface area contributed by atoms with Gasteiger partial charge in [0.1, 0.15) is 0 Å². The number of carbonyl (C=O) groups excluding carboxylic acids is 2. The van der Waals surface area contributed by atoms with E-state index in [1.54, 1.807) is 0 Å². The van der Waals surface area contributed by atoms with Gasteiger partial charge in [-0.25, -0.2) is 0 Å². The molecule has 0 aliphatic carbocycles. The number of amides is 2. The molecule has 1 saturated heterocycles. The van der Waals surface area contributed by atoms with Crippen LogP contribution in [0.4, 0.5) is 0 Å². The third-order valence-electron chi connectivity index (χ3n) is 6.24. The second-order valence-corrected chi connectivity index (χ2v) is 9.47. The first-order valence-electron chi connectivity index (χ1n) is 11.6. The largest absolute Gasteiger partial charge is 0.342 e. The fourth-order valence-electron chi connectivity index (χ4n) is 4.37. The van der Waals surface area contributed by atoms with Gasteiger partial charge in [0.25, 0.3) is 5.91 Å². The van der Waals surface area contributed by atoms with Crippen molar-refractivity contribution in [1.82, 2.24) is 14.8 Å². The lowest BCUT2D eigenvalue weighted by Crippen LogP contribution is -2.40. The zero-order valence-electron chi connectivity index (χ0n) is 19.2. The molecule has 0 radical (unpaired) electrons. The first-order chi connectivity index (χ1) is 16.1. The van der Waals surface area contributed by atoms with Crippen LogP contribution in [0.25, 0.3) is 6.08 Å². The fourth-order valence-corrected chi connectivity index (χ4v) is 5.04. The summed E-state index contributed by atoms with van der Waals surface area (Å²) in [5.41, 5.74) is 3.69. The molecule has 0 unspecified atom stereocenters. The molecule has 33 heavy (non-hydrogen) atoms. The van der Waals surface area contributed by atoms with Crippen LogP contribution in [-0.4, -0.2) is 58.5 Å². The number of hydrogen-bond donors (Lipinski definition) is 0. The molecule has 0 atom stereocenters. The van der Waals surface area contributed by atoms with Gasteiger partial charge in [0.2, 0.25) is 5.91 Å². The molecule has 2 aliphatic heterocycles. The predicted molar refractivity (Wildman–Crippen MR) is 135 cm³/mol. The van der Waals surface area contributed by atoms with Crippen molar-refractivity contribution in [2.24, 2.45) is 0 Å². The van der Waals surface area contributed by atoms with Crippen LogP contribution in [0.2, 0.25) is 0 Å². The van der Waals surface area contributed by atoms with Gasteiger partial charge in [-0.15, -0.1) is 11.8 Å². The van der Waals surface area contributed by atoms with E-state index < -0.39 is 0 Å². The van der Waals surface area contributed by atoms with Gasteiger partial charge < -0.3 is 9.80 Å². The molecule has 1 aromatic heterocycles. The third-order valence-corrected chi connectivity index (χ3v) is 6.98. The summed E-state index contributed by atoms with van der Waals surface area (Å²) in [4.78, 5) is 34.5. The maximum Gasteiger partial charge on any atom is 0.256 e. The summed E-state index contributed by atoms with van der Waals surface area (Å²) in [5, 5.41) is 1.99. The summed E-state index contributed by atoms with van der Waals surface area (Å²) in [6, 6.07) is 14.0. The highest BCUT2D eigenvalue weighted by Gasteiger charge is 2.29. The van der Waals surface area contributed by atoms with Crippen LogP contribution in [0.15, 0.2) is 60.0 Å². The number of pyridine rings is 1. The number of aryl methyl sites for hydroxylation is 1. The van der Waals surface area contributed by atoms with E-state index >= 15 is 0 Å². The third kappa shape index (κ3) is 6.14. The second kappa shape index (κ2) is 11.3. The minimum absolute atomic E-state index is 0.0713. The van der Waals surface area contributed by atoms with Crippen LogP contribution in [0.3, 0.4) is 0 Å². The molecule has 0 saturated carbocycles. The molecule has 3 heterocycles. The first kappa shape index (κ1) is 23.3. The Morgan fingerprint density at radius 1 is 1.03 bits per heavy atom. The number of hydrogen-bond acceptors (Lipinski definition) is 4. The van der Waals surface area contributed by atoms with E-state index in [0.717, 1.165) is 48.3 Å². The highest BCUT2D eigenvalue weighted by molar-refractivity contribution is 8.02. The van der Waals surface area contributed by atoms with Crippen molar-refractivity contribution < 1.29 is 9.59 Å². The Hall–Kier alpha value is -2.86. The zero-order valence-corrected chi connectivity index (χ0v) is 20.0. The molecule has 0 bridgehead atoms. The molecule has 0 N–H and O–H groups in total.